The molecule has 8 heteroatoms. The van der Waals surface area contributed by atoms with Gasteiger partial charge in [-0.2, -0.15) is 0 Å². The molecule has 1 fully saturated rings. The van der Waals surface area contributed by atoms with E-state index < -0.39 is 11.8 Å². The molecule has 0 spiro atoms. The quantitative estimate of drug-likeness (QED) is 0.840. The standard InChI is InChI=1S/C11H15F2N3OS2/c1-15-10-7(9(14)17)6-8(18-10)19-16-4-2-11(12,13)3-5-16/h6,15H,2-5H2,1H3,(H2,14,17). The lowest BCUT2D eigenvalue weighted by atomic mass is 10.1. The van der Waals surface area contributed by atoms with Crippen LogP contribution in [0, 0.1) is 0 Å². The summed E-state index contributed by atoms with van der Waals surface area (Å²) in [6, 6.07) is 1.70. The van der Waals surface area contributed by atoms with E-state index in [0.717, 1.165) is 4.21 Å². The van der Waals surface area contributed by atoms with Crippen LogP contribution in [-0.4, -0.2) is 36.3 Å². The SMILES string of the molecule is CNc1sc(SN2CCC(F)(F)CC2)cc1C(N)=O. The molecule has 1 amide bonds. The minimum Gasteiger partial charge on any atom is -0.379 e. The molecular formula is C11H15F2N3OS2. The van der Waals surface area contributed by atoms with E-state index in [9.17, 15) is 13.6 Å². The number of amides is 1. The van der Waals surface area contributed by atoms with Crippen LogP contribution in [0.1, 0.15) is 23.2 Å². The van der Waals surface area contributed by atoms with Crippen LogP contribution in [0.3, 0.4) is 0 Å². The first-order chi connectivity index (χ1) is 8.91. The lowest BCUT2D eigenvalue weighted by Gasteiger charge is -2.30. The van der Waals surface area contributed by atoms with Gasteiger partial charge in [0.2, 0.25) is 0 Å². The van der Waals surface area contributed by atoms with Crippen molar-refractivity contribution in [2.24, 2.45) is 5.73 Å². The predicted molar refractivity (Wildman–Crippen MR) is 74.0 cm³/mol. The molecule has 1 aliphatic rings. The molecule has 3 N–H and O–H groups in total. The Morgan fingerprint density at radius 3 is 2.63 bits per heavy atom. The number of nitrogens with zero attached hydrogens (tertiary/aromatic N) is 1. The van der Waals surface area contributed by atoms with Crippen molar-refractivity contribution in [3.8, 4) is 0 Å². The van der Waals surface area contributed by atoms with E-state index in [1.807, 2.05) is 4.31 Å². The Morgan fingerprint density at radius 1 is 1.53 bits per heavy atom. The summed E-state index contributed by atoms with van der Waals surface area (Å²) in [4.78, 5) is 11.2. The molecule has 106 valence electrons. The summed E-state index contributed by atoms with van der Waals surface area (Å²) < 4.78 is 28.9. The van der Waals surface area contributed by atoms with Crippen LogP contribution in [0.25, 0.3) is 0 Å². The molecule has 0 aromatic carbocycles. The Labute approximate surface area is 118 Å². The zero-order valence-electron chi connectivity index (χ0n) is 10.4. The van der Waals surface area contributed by atoms with Gasteiger partial charge < -0.3 is 11.1 Å². The van der Waals surface area contributed by atoms with E-state index in [-0.39, 0.29) is 12.8 Å². The molecule has 19 heavy (non-hydrogen) atoms. The number of piperidine rings is 1. The minimum atomic E-state index is -2.54. The molecule has 0 radical (unpaired) electrons. The summed E-state index contributed by atoms with van der Waals surface area (Å²) in [5, 5.41) is 3.62. The maximum atomic E-state index is 13.0. The van der Waals surface area contributed by atoms with Crippen LogP contribution < -0.4 is 11.1 Å². The van der Waals surface area contributed by atoms with Crippen molar-refractivity contribution in [3.63, 3.8) is 0 Å². The number of nitrogens with two attached hydrogens (primary N) is 1. The maximum absolute atomic E-state index is 13.0. The summed E-state index contributed by atoms with van der Waals surface area (Å²) in [5.41, 5.74) is 5.72. The van der Waals surface area contributed by atoms with Crippen LogP contribution in [0.4, 0.5) is 13.8 Å². The molecule has 2 rings (SSSR count). The first-order valence-corrected chi connectivity index (χ1v) is 7.42. The van der Waals surface area contributed by atoms with Crippen LogP contribution in [-0.2, 0) is 0 Å². The average molecular weight is 307 g/mol. The van der Waals surface area contributed by atoms with Crippen LogP contribution in [0.2, 0.25) is 0 Å². The predicted octanol–water partition coefficient (Wildman–Crippen LogP) is 2.63. The molecule has 0 atom stereocenters. The third-order valence-electron chi connectivity index (χ3n) is 2.87. The van der Waals surface area contributed by atoms with Crippen LogP contribution in [0.15, 0.2) is 10.3 Å². The van der Waals surface area contributed by atoms with Crippen LogP contribution in [0.5, 0.6) is 0 Å². The number of anilines is 1. The first-order valence-electron chi connectivity index (χ1n) is 5.83. The van der Waals surface area contributed by atoms with Gasteiger partial charge >= 0.3 is 0 Å². The highest BCUT2D eigenvalue weighted by Gasteiger charge is 2.34. The summed E-state index contributed by atoms with van der Waals surface area (Å²) in [5.74, 6) is -3.03. The van der Waals surface area contributed by atoms with E-state index >= 15 is 0 Å². The highest BCUT2D eigenvalue weighted by atomic mass is 32.2. The molecule has 1 aliphatic heterocycles. The number of carbonyl (C=O) groups is 1. The number of alkyl halides is 2. The number of thiophene rings is 1. The largest absolute Gasteiger partial charge is 0.379 e. The van der Waals surface area contributed by atoms with Gasteiger partial charge in [-0.1, -0.05) is 0 Å². The van der Waals surface area contributed by atoms with Gasteiger partial charge in [-0.25, -0.2) is 13.1 Å². The molecule has 0 unspecified atom stereocenters. The van der Waals surface area contributed by atoms with Crippen LogP contribution >= 0.6 is 23.3 Å². The number of hydrogen-bond acceptors (Lipinski definition) is 5. The first kappa shape index (κ1) is 14.5. The summed E-state index contributed by atoms with van der Waals surface area (Å²) in [6.07, 6.45) is -0.236. The zero-order chi connectivity index (χ0) is 14.0. The van der Waals surface area contributed by atoms with Gasteiger partial charge in [-0.15, -0.1) is 11.3 Å². The highest BCUT2D eigenvalue weighted by molar-refractivity contribution is 7.99. The van der Waals surface area contributed by atoms with Gasteiger partial charge in [0.15, 0.2) is 0 Å². The lowest BCUT2D eigenvalue weighted by molar-refractivity contribution is -0.0398. The summed E-state index contributed by atoms with van der Waals surface area (Å²) in [7, 11) is 1.72. The molecule has 0 aliphatic carbocycles. The van der Waals surface area contributed by atoms with Gasteiger partial charge in [0.25, 0.3) is 11.8 Å². The second-order valence-corrected chi connectivity index (χ2v) is 6.75. The van der Waals surface area contributed by atoms with Gasteiger partial charge in [0, 0.05) is 33.0 Å². The van der Waals surface area contributed by atoms with Gasteiger partial charge in [0.05, 0.1) is 9.77 Å². The summed E-state index contributed by atoms with van der Waals surface area (Å²) >= 11 is 2.81. The maximum Gasteiger partial charge on any atom is 0.251 e. The number of carbonyl (C=O) groups excluding carboxylic acids is 1. The topological polar surface area (TPSA) is 58.4 Å². The van der Waals surface area contributed by atoms with Crippen molar-refractivity contribution in [2.75, 3.05) is 25.5 Å². The van der Waals surface area contributed by atoms with Crippen molar-refractivity contribution in [2.45, 2.75) is 23.0 Å². The smallest absolute Gasteiger partial charge is 0.251 e. The number of halogens is 2. The molecule has 0 saturated carbocycles. The Hall–Kier alpha value is -0.860. The van der Waals surface area contributed by atoms with Crippen molar-refractivity contribution in [1.29, 1.82) is 0 Å². The fraction of sp³-hybridized carbons (Fsp3) is 0.545. The molecular weight excluding hydrogens is 292 g/mol. The average Bonchev–Trinajstić information content (AvgIpc) is 2.75. The number of primary amides is 1. The minimum absolute atomic E-state index is 0.118. The Bertz CT molecular complexity index is 469. The summed E-state index contributed by atoms with van der Waals surface area (Å²) in [6.45, 7) is 0.687. The second-order valence-electron chi connectivity index (χ2n) is 4.30. The molecule has 1 aromatic heterocycles. The third-order valence-corrected chi connectivity index (χ3v) is 5.22. The number of nitrogens with one attached hydrogen (secondary N) is 1. The molecule has 4 nitrogen and oxygen atoms in total. The molecule has 2 heterocycles. The van der Waals surface area contributed by atoms with Gasteiger partial charge in [-0.3, -0.25) is 4.79 Å². The van der Waals surface area contributed by atoms with Crippen molar-refractivity contribution in [1.82, 2.24) is 4.31 Å². The second kappa shape index (κ2) is 5.64. The van der Waals surface area contributed by atoms with E-state index in [1.165, 1.54) is 23.3 Å². The lowest BCUT2D eigenvalue weighted by Crippen LogP contribution is -2.35. The highest BCUT2D eigenvalue weighted by Crippen LogP contribution is 2.39. The van der Waals surface area contributed by atoms with Crippen molar-refractivity contribution < 1.29 is 13.6 Å². The molecule has 1 aromatic rings. The fourth-order valence-corrected chi connectivity index (χ4v) is 4.07. The zero-order valence-corrected chi connectivity index (χ0v) is 12.0. The normalized spacial score (nSPS) is 19.3. The van der Waals surface area contributed by atoms with E-state index in [0.29, 0.717) is 23.7 Å². The van der Waals surface area contributed by atoms with E-state index in [1.54, 1.807) is 13.1 Å². The fourth-order valence-electron chi connectivity index (χ4n) is 1.81. The van der Waals surface area contributed by atoms with Crippen molar-refractivity contribution in [3.05, 3.63) is 11.6 Å². The Balaban J connectivity index is 2.02. The molecule has 1 saturated heterocycles. The van der Waals surface area contributed by atoms with Gasteiger partial charge in [0.1, 0.15) is 5.00 Å². The van der Waals surface area contributed by atoms with Crippen molar-refractivity contribution >= 4 is 34.2 Å². The monoisotopic (exact) mass is 307 g/mol. The Kier molecular flexibility index (Phi) is 4.32. The number of rotatable bonds is 4. The molecule has 0 bridgehead atoms. The van der Waals surface area contributed by atoms with E-state index in [4.69, 9.17) is 5.73 Å². The number of hydrogen-bond donors (Lipinski definition) is 2. The van der Waals surface area contributed by atoms with Gasteiger partial charge in [-0.05, 0) is 18.0 Å². The van der Waals surface area contributed by atoms with E-state index in [2.05, 4.69) is 5.32 Å². The Morgan fingerprint density at radius 2 is 2.16 bits per heavy atom. The third kappa shape index (κ3) is 3.58.